The fourth-order valence-corrected chi connectivity index (χ4v) is 6.17. The summed E-state index contributed by atoms with van der Waals surface area (Å²) in [6.45, 7) is 2.21. The average Bonchev–Trinajstić information content (AvgIpc) is 3.25. The summed E-state index contributed by atoms with van der Waals surface area (Å²) in [5.74, 6) is -4.45. The van der Waals surface area contributed by atoms with Crippen molar-refractivity contribution < 1.29 is 32.7 Å². The quantitative estimate of drug-likeness (QED) is 0.447. The Labute approximate surface area is 208 Å². The monoisotopic (exact) mass is 501 g/mol. The maximum atomic E-state index is 14.1. The number of ether oxygens (including phenoxy) is 1. The Morgan fingerprint density at radius 2 is 1.92 bits per heavy atom. The van der Waals surface area contributed by atoms with Gasteiger partial charge < -0.3 is 19.6 Å². The number of piperidine rings is 3. The second-order valence-corrected chi connectivity index (χ2v) is 10.5. The van der Waals surface area contributed by atoms with E-state index in [-0.39, 0.29) is 36.8 Å². The molecule has 3 aliphatic heterocycles. The normalized spacial score (nSPS) is 30.4. The number of carbonyl (C=O) groups is 2. The lowest BCUT2D eigenvalue weighted by Gasteiger charge is -2.51. The highest BCUT2D eigenvalue weighted by atomic mass is 19.3. The maximum Gasteiger partial charge on any atom is 0.343 e. The highest BCUT2D eigenvalue weighted by molar-refractivity contribution is 5.90. The number of nitrogens with one attached hydrogen (secondary N) is 1. The van der Waals surface area contributed by atoms with E-state index in [4.69, 9.17) is 4.74 Å². The smallest absolute Gasteiger partial charge is 0.343 e. The topological polar surface area (TPSA) is 101 Å². The van der Waals surface area contributed by atoms with Crippen LogP contribution in [0.3, 0.4) is 0 Å². The van der Waals surface area contributed by atoms with E-state index in [1.807, 2.05) is 0 Å². The minimum Gasteiger partial charge on any atom is -0.454 e. The van der Waals surface area contributed by atoms with Crippen LogP contribution in [-0.2, 0) is 19.9 Å². The van der Waals surface area contributed by atoms with Crippen LogP contribution in [-0.4, -0.2) is 69.6 Å². The predicted molar refractivity (Wildman–Crippen MR) is 126 cm³/mol. The van der Waals surface area contributed by atoms with Crippen molar-refractivity contribution in [2.24, 2.45) is 11.8 Å². The Morgan fingerprint density at radius 3 is 2.56 bits per heavy atom. The number of rotatable bonds is 7. The SMILES string of the molecule is O=C(C[N+]12CCC(CC1)C(OC(=O)[C@](O)(c1ccccc1)C1CCC(F)(F)C1)C2)Nc1cnccn1. The lowest BCUT2D eigenvalue weighted by molar-refractivity contribution is -0.939. The van der Waals surface area contributed by atoms with Crippen LogP contribution in [0.25, 0.3) is 0 Å². The summed E-state index contributed by atoms with van der Waals surface area (Å²) in [6, 6.07) is 8.25. The number of hydrogen-bond acceptors (Lipinski definition) is 6. The van der Waals surface area contributed by atoms with E-state index < -0.39 is 35.9 Å². The molecule has 6 rings (SSSR count). The first-order chi connectivity index (χ1) is 17.2. The number of carbonyl (C=O) groups excluding carboxylic acids is 2. The Balaban J connectivity index is 1.31. The summed E-state index contributed by atoms with van der Waals surface area (Å²) in [4.78, 5) is 34.3. The molecule has 3 saturated heterocycles. The number of aliphatic hydroxyl groups is 1. The molecule has 0 radical (unpaired) electrons. The van der Waals surface area contributed by atoms with E-state index in [2.05, 4.69) is 15.3 Å². The molecule has 2 aromatic rings. The van der Waals surface area contributed by atoms with E-state index >= 15 is 0 Å². The molecular formula is C26H31F2N4O4+. The Hall–Kier alpha value is -2.98. The van der Waals surface area contributed by atoms with Gasteiger partial charge >= 0.3 is 5.97 Å². The van der Waals surface area contributed by atoms with Gasteiger partial charge in [-0.25, -0.2) is 18.6 Å². The molecular weight excluding hydrogens is 470 g/mol. The molecule has 1 aromatic carbocycles. The third-order valence-corrected chi connectivity index (χ3v) is 8.13. The molecule has 10 heteroatoms. The second-order valence-electron chi connectivity index (χ2n) is 10.5. The number of halogens is 2. The standard InChI is InChI=1S/C26H30F2N4O4/c27-25(28)9-6-20(14-25)26(35,19-4-2-1-3-5-19)24(34)36-21-16-32(12-7-18(21)8-13-32)17-23(33)31-22-15-29-10-11-30-22/h1-5,10-11,15,18,20-21,35H,6-9,12-14,16-17H2/p+1/t18?,20?,21?,26-,32?/m0/s1. The molecule has 0 spiro atoms. The maximum absolute atomic E-state index is 14.1. The van der Waals surface area contributed by atoms with Gasteiger partial charge in [0.1, 0.15) is 6.54 Å². The molecule has 1 amide bonds. The van der Waals surface area contributed by atoms with Crippen molar-refractivity contribution in [2.75, 3.05) is 31.5 Å². The first-order valence-corrected chi connectivity index (χ1v) is 12.5. The van der Waals surface area contributed by atoms with Crippen LogP contribution in [0.4, 0.5) is 14.6 Å². The number of hydrogen-bond donors (Lipinski definition) is 2. The molecule has 2 N–H and O–H groups in total. The lowest BCUT2D eigenvalue weighted by atomic mass is 9.79. The fraction of sp³-hybridized carbons (Fsp3) is 0.538. The number of fused-ring (bicyclic) bond motifs is 3. The summed E-state index contributed by atoms with van der Waals surface area (Å²) in [5, 5.41) is 14.4. The number of anilines is 1. The van der Waals surface area contributed by atoms with Crippen LogP contribution < -0.4 is 5.32 Å². The van der Waals surface area contributed by atoms with E-state index in [1.165, 1.54) is 18.6 Å². The number of nitrogens with zero attached hydrogens (tertiary/aromatic N) is 3. The van der Waals surface area contributed by atoms with Gasteiger partial charge in [-0.15, -0.1) is 0 Å². The Bertz CT molecular complexity index is 1100. The van der Waals surface area contributed by atoms with Crippen molar-refractivity contribution in [1.29, 1.82) is 0 Å². The van der Waals surface area contributed by atoms with Crippen molar-refractivity contribution in [1.82, 2.24) is 9.97 Å². The molecule has 192 valence electrons. The molecule has 2 bridgehead atoms. The van der Waals surface area contributed by atoms with Gasteiger partial charge in [-0.1, -0.05) is 30.3 Å². The third-order valence-electron chi connectivity index (χ3n) is 8.13. The van der Waals surface area contributed by atoms with Gasteiger partial charge in [0.2, 0.25) is 5.92 Å². The fourth-order valence-electron chi connectivity index (χ4n) is 6.17. The summed E-state index contributed by atoms with van der Waals surface area (Å²) in [7, 11) is 0. The number of alkyl halides is 2. The molecule has 4 aliphatic rings. The summed E-state index contributed by atoms with van der Waals surface area (Å²) in [6.07, 6.45) is 4.65. The molecule has 1 aliphatic carbocycles. The zero-order valence-corrected chi connectivity index (χ0v) is 20.0. The predicted octanol–water partition coefficient (Wildman–Crippen LogP) is 2.89. The van der Waals surface area contributed by atoms with Gasteiger partial charge in [-0.3, -0.25) is 9.78 Å². The van der Waals surface area contributed by atoms with E-state index in [0.717, 1.165) is 25.9 Å². The molecule has 4 fully saturated rings. The van der Waals surface area contributed by atoms with Gasteiger partial charge in [-0.05, 0) is 12.0 Å². The molecule has 2 unspecified atom stereocenters. The van der Waals surface area contributed by atoms with Gasteiger partial charge in [0.15, 0.2) is 24.1 Å². The van der Waals surface area contributed by atoms with Crippen molar-refractivity contribution in [3.05, 3.63) is 54.5 Å². The molecule has 4 heterocycles. The zero-order chi connectivity index (χ0) is 25.4. The van der Waals surface area contributed by atoms with Crippen molar-refractivity contribution >= 4 is 17.7 Å². The van der Waals surface area contributed by atoms with Crippen molar-refractivity contribution in [3.63, 3.8) is 0 Å². The van der Waals surface area contributed by atoms with Crippen molar-refractivity contribution in [2.45, 2.75) is 49.7 Å². The largest absolute Gasteiger partial charge is 0.454 e. The second kappa shape index (κ2) is 9.48. The number of esters is 1. The van der Waals surface area contributed by atoms with Crippen LogP contribution >= 0.6 is 0 Å². The van der Waals surface area contributed by atoms with Gasteiger partial charge in [0.05, 0.1) is 19.3 Å². The molecule has 3 atom stereocenters. The minimum absolute atomic E-state index is 0.0319. The number of amides is 1. The Kier molecular flexibility index (Phi) is 6.50. The number of aromatic nitrogens is 2. The molecule has 8 nitrogen and oxygen atoms in total. The van der Waals surface area contributed by atoms with Crippen molar-refractivity contribution in [3.8, 4) is 0 Å². The van der Waals surface area contributed by atoms with E-state index in [0.29, 0.717) is 16.8 Å². The molecule has 1 saturated carbocycles. The van der Waals surface area contributed by atoms with Crippen LogP contribution in [0.15, 0.2) is 48.9 Å². The van der Waals surface area contributed by atoms with Gasteiger partial charge in [0.25, 0.3) is 5.91 Å². The van der Waals surface area contributed by atoms with Crippen LogP contribution in [0, 0.1) is 11.8 Å². The first-order valence-electron chi connectivity index (χ1n) is 12.5. The van der Waals surface area contributed by atoms with Gasteiger partial charge in [0, 0.05) is 49.9 Å². The summed E-state index contributed by atoms with van der Waals surface area (Å²) in [5.41, 5.74) is -1.88. The number of benzene rings is 1. The van der Waals surface area contributed by atoms with Crippen LogP contribution in [0.2, 0.25) is 0 Å². The minimum atomic E-state index is -2.92. The first kappa shape index (κ1) is 24.7. The van der Waals surface area contributed by atoms with Crippen LogP contribution in [0.5, 0.6) is 0 Å². The van der Waals surface area contributed by atoms with E-state index in [1.54, 1.807) is 30.3 Å². The third kappa shape index (κ3) is 4.84. The average molecular weight is 502 g/mol. The summed E-state index contributed by atoms with van der Waals surface area (Å²) < 4.78 is 34.6. The highest BCUT2D eigenvalue weighted by Gasteiger charge is 2.56. The van der Waals surface area contributed by atoms with Gasteiger partial charge in [-0.2, -0.15) is 0 Å². The highest BCUT2D eigenvalue weighted by Crippen LogP contribution is 2.48. The number of quaternary nitrogens is 1. The summed E-state index contributed by atoms with van der Waals surface area (Å²) >= 11 is 0. The van der Waals surface area contributed by atoms with E-state index in [9.17, 15) is 23.5 Å². The lowest BCUT2D eigenvalue weighted by Crippen LogP contribution is -2.66. The zero-order valence-electron chi connectivity index (χ0n) is 20.0. The molecule has 1 aromatic heterocycles. The Morgan fingerprint density at radius 1 is 1.17 bits per heavy atom. The van der Waals surface area contributed by atoms with Crippen LogP contribution in [0.1, 0.15) is 37.7 Å². The molecule has 36 heavy (non-hydrogen) atoms.